The third kappa shape index (κ3) is 11.2. The van der Waals surface area contributed by atoms with Gasteiger partial charge in [-0.1, -0.05) is 57.9 Å². The minimum Gasteiger partial charge on any atom is -1.00 e. The third-order valence-corrected chi connectivity index (χ3v) is 5.39. The summed E-state index contributed by atoms with van der Waals surface area (Å²) in [5.41, 5.74) is 1.99. The molecule has 2 aromatic rings. The van der Waals surface area contributed by atoms with Crippen LogP contribution in [0.5, 0.6) is 11.5 Å². The number of nitrogens with zero attached hydrogens (tertiary/aromatic N) is 1. The van der Waals surface area contributed by atoms with Crippen LogP contribution in [0.4, 0.5) is 0 Å². The molecule has 1 heterocycles. The van der Waals surface area contributed by atoms with Crippen molar-refractivity contribution >= 4 is 5.91 Å². The zero-order valence-electron chi connectivity index (χ0n) is 19.9. The van der Waals surface area contributed by atoms with Gasteiger partial charge in [-0.2, -0.15) is 0 Å². The predicted octanol–water partition coefficient (Wildman–Crippen LogP) is 1.90. The smallest absolute Gasteiger partial charge is 0.224 e. The molecule has 0 saturated carbocycles. The van der Waals surface area contributed by atoms with Crippen LogP contribution in [0.15, 0.2) is 42.7 Å². The highest BCUT2D eigenvalue weighted by Gasteiger charge is 2.09. The van der Waals surface area contributed by atoms with E-state index in [2.05, 4.69) is 12.2 Å². The highest BCUT2D eigenvalue weighted by molar-refractivity contribution is 5.78. The normalized spacial score (nSPS) is 10.3. The molecule has 1 aromatic carbocycles. The molecule has 0 aliphatic heterocycles. The van der Waals surface area contributed by atoms with Crippen LogP contribution in [-0.4, -0.2) is 19.6 Å². The lowest BCUT2D eigenvalue weighted by atomic mass is 10.1. The molecule has 0 aliphatic rings. The number of hydrogen-bond donors (Lipinski definition) is 1. The summed E-state index contributed by atoms with van der Waals surface area (Å²) in [6.07, 6.45) is 14.5. The number of rotatable bonds is 15. The molecule has 5 nitrogen and oxygen atoms in total. The fraction of sp³-hybridized carbons (Fsp3) is 0.538. The monoisotopic (exact) mass is 554 g/mol. The number of carbonyl (C=O) groups excluding carboxylic acids is 1. The van der Waals surface area contributed by atoms with Gasteiger partial charge in [0, 0.05) is 18.7 Å². The van der Waals surface area contributed by atoms with Gasteiger partial charge in [-0.05, 0) is 29.7 Å². The maximum absolute atomic E-state index is 12.3. The number of aryl methyl sites for hydroxylation is 1. The molecule has 6 heteroatoms. The quantitative estimate of drug-likeness (QED) is 0.208. The molecule has 1 aromatic heterocycles. The molecule has 0 saturated heterocycles. The van der Waals surface area contributed by atoms with Crippen LogP contribution in [0, 0.1) is 0 Å². The predicted molar refractivity (Wildman–Crippen MR) is 124 cm³/mol. The van der Waals surface area contributed by atoms with Crippen LogP contribution in [0.25, 0.3) is 0 Å². The Hall–Kier alpha value is -1.83. The summed E-state index contributed by atoms with van der Waals surface area (Å²) in [6.45, 7) is 3.47. The molecule has 178 valence electrons. The summed E-state index contributed by atoms with van der Waals surface area (Å²) >= 11 is 0. The van der Waals surface area contributed by atoms with Crippen molar-refractivity contribution in [2.24, 2.45) is 7.05 Å². The Morgan fingerprint density at radius 1 is 0.906 bits per heavy atom. The Kier molecular flexibility index (Phi) is 14.8. The van der Waals surface area contributed by atoms with Crippen molar-refractivity contribution in [2.75, 3.05) is 13.7 Å². The van der Waals surface area contributed by atoms with Gasteiger partial charge in [-0.15, -0.1) is 0 Å². The molecular formula is C26H39IN2O3. The maximum atomic E-state index is 12.3. The number of ether oxygens (including phenoxy) is 2. The largest absolute Gasteiger partial charge is 1.00 e. The maximum Gasteiger partial charge on any atom is 0.224 e. The van der Waals surface area contributed by atoms with E-state index in [-0.39, 0.29) is 29.9 Å². The minimum absolute atomic E-state index is 0. The summed E-state index contributed by atoms with van der Waals surface area (Å²) in [5.74, 6) is 1.41. The van der Waals surface area contributed by atoms with E-state index in [1.165, 1.54) is 44.9 Å². The Morgan fingerprint density at radius 2 is 1.56 bits per heavy atom. The number of aromatic nitrogens is 1. The van der Waals surface area contributed by atoms with Gasteiger partial charge in [-0.3, -0.25) is 4.79 Å². The van der Waals surface area contributed by atoms with Crippen molar-refractivity contribution in [1.82, 2.24) is 5.32 Å². The topological polar surface area (TPSA) is 51.4 Å². The van der Waals surface area contributed by atoms with Crippen LogP contribution in [0.1, 0.15) is 69.4 Å². The first-order chi connectivity index (χ1) is 15.1. The number of amides is 1. The zero-order chi connectivity index (χ0) is 22.3. The number of carbonyl (C=O) groups is 1. The Bertz CT molecular complexity index is 781. The van der Waals surface area contributed by atoms with E-state index in [4.69, 9.17) is 9.47 Å². The lowest BCUT2D eigenvalue weighted by Gasteiger charge is -2.12. The molecule has 1 N–H and O–H groups in total. The van der Waals surface area contributed by atoms with Gasteiger partial charge in [0.05, 0.1) is 20.1 Å². The molecule has 0 bridgehead atoms. The summed E-state index contributed by atoms with van der Waals surface area (Å²) in [6, 6.07) is 9.74. The van der Waals surface area contributed by atoms with Crippen molar-refractivity contribution in [3.8, 4) is 11.5 Å². The van der Waals surface area contributed by atoms with E-state index in [1.54, 1.807) is 7.11 Å². The second-order valence-corrected chi connectivity index (χ2v) is 8.13. The van der Waals surface area contributed by atoms with Crippen molar-refractivity contribution in [3.63, 3.8) is 0 Å². The minimum atomic E-state index is -0.0112. The van der Waals surface area contributed by atoms with Crippen LogP contribution >= 0.6 is 0 Å². The number of unbranched alkanes of at least 4 members (excludes halogenated alkanes) is 7. The van der Waals surface area contributed by atoms with Crippen LogP contribution in [0.3, 0.4) is 0 Å². The zero-order valence-corrected chi connectivity index (χ0v) is 22.0. The number of benzene rings is 1. The molecule has 1 amide bonds. The van der Waals surface area contributed by atoms with Gasteiger partial charge < -0.3 is 38.8 Å². The number of nitrogens with one attached hydrogen (secondary N) is 1. The Morgan fingerprint density at radius 3 is 2.22 bits per heavy atom. The van der Waals surface area contributed by atoms with Gasteiger partial charge in [0.25, 0.3) is 0 Å². The van der Waals surface area contributed by atoms with Gasteiger partial charge >= 0.3 is 0 Å². The van der Waals surface area contributed by atoms with E-state index in [9.17, 15) is 4.79 Å². The Balaban J connectivity index is 0.00000512. The molecule has 0 fully saturated rings. The van der Waals surface area contributed by atoms with E-state index in [1.807, 2.05) is 54.3 Å². The highest BCUT2D eigenvalue weighted by atomic mass is 127. The van der Waals surface area contributed by atoms with Crippen LogP contribution in [-0.2, 0) is 24.8 Å². The molecule has 0 radical (unpaired) electrons. The SMILES string of the molecule is CCCCCCCCCCOc1ccc(CC(=O)NCc2cc[n+](C)cc2)cc1OC.[I-]. The average molecular weight is 555 g/mol. The van der Waals surface area contributed by atoms with Crippen LogP contribution in [0.2, 0.25) is 0 Å². The molecule has 0 aliphatic carbocycles. The fourth-order valence-electron chi connectivity index (χ4n) is 3.46. The fourth-order valence-corrected chi connectivity index (χ4v) is 3.46. The van der Waals surface area contributed by atoms with Crippen molar-refractivity contribution < 1.29 is 42.8 Å². The number of pyridine rings is 1. The lowest BCUT2D eigenvalue weighted by molar-refractivity contribution is -0.671. The first-order valence-electron chi connectivity index (χ1n) is 11.6. The molecule has 0 unspecified atom stereocenters. The molecular weight excluding hydrogens is 515 g/mol. The number of hydrogen-bond acceptors (Lipinski definition) is 3. The highest BCUT2D eigenvalue weighted by Crippen LogP contribution is 2.28. The molecule has 2 rings (SSSR count). The average Bonchev–Trinajstić information content (AvgIpc) is 2.78. The third-order valence-electron chi connectivity index (χ3n) is 5.39. The summed E-state index contributed by atoms with van der Waals surface area (Å²) in [5, 5.41) is 2.97. The molecule has 0 spiro atoms. The van der Waals surface area contributed by atoms with Crippen molar-refractivity contribution in [2.45, 2.75) is 71.3 Å². The van der Waals surface area contributed by atoms with Crippen LogP contribution < -0.4 is 43.3 Å². The summed E-state index contributed by atoms with van der Waals surface area (Å²) in [7, 11) is 3.61. The van der Waals surface area contributed by atoms with Gasteiger partial charge in [0.15, 0.2) is 23.9 Å². The summed E-state index contributed by atoms with van der Waals surface area (Å²) < 4.78 is 13.4. The lowest BCUT2D eigenvalue weighted by Crippen LogP contribution is -3.00. The van der Waals surface area contributed by atoms with E-state index >= 15 is 0 Å². The summed E-state index contributed by atoms with van der Waals surface area (Å²) in [4.78, 5) is 12.3. The van der Waals surface area contributed by atoms with E-state index < -0.39 is 0 Å². The standard InChI is InChI=1S/C26H38N2O3.HI/c1-4-5-6-7-8-9-10-11-18-31-24-13-12-23(19-25(24)30-3)20-26(29)27-21-22-14-16-28(2)17-15-22;/h12-17,19H,4-11,18,20-21H2,1-3H3;1H. The molecule has 32 heavy (non-hydrogen) atoms. The van der Waals surface area contributed by atoms with E-state index in [0.29, 0.717) is 25.3 Å². The molecule has 0 atom stereocenters. The van der Waals surface area contributed by atoms with Gasteiger partial charge in [0.2, 0.25) is 5.91 Å². The second-order valence-electron chi connectivity index (χ2n) is 8.13. The van der Waals surface area contributed by atoms with Crippen molar-refractivity contribution in [1.29, 1.82) is 0 Å². The van der Waals surface area contributed by atoms with Crippen molar-refractivity contribution in [3.05, 3.63) is 53.9 Å². The number of halogens is 1. The van der Waals surface area contributed by atoms with Gasteiger partial charge in [-0.25, -0.2) is 4.57 Å². The second kappa shape index (κ2) is 16.8. The van der Waals surface area contributed by atoms with E-state index in [0.717, 1.165) is 23.3 Å². The Labute approximate surface area is 210 Å². The van der Waals surface area contributed by atoms with Gasteiger partial charge in [0.1, 0.15) is 7.05 Å². The first-order valence-corrected chi connectivity index (χ1v) is 11.6. The number of methoxy groups -OCH3 is 1. The first kappa shape index (κ1) is 28.2.